The number of hydrogen-bond donors (Lipinski definition) is 0. The molecule has 138 valence electrons. The van der Waals surface area contributed by atoms with E-state index in [0.717, 1.165) is 30.0 Å². The van der Waals surface area contributed by atoms with E-state index in [9.17, 15) is 4.79 Å². The lowest BCUT2D eigenvalue weighted by atomic mass is 10.00. The van der Waals surface area contributed by atoms with Gasteiger partial charge < -0.3 is 14.2 Å². The Morgan fingerprint density at radius 2 is 1.78 bits per heavy atom. The Kier molecular flexibility index (Phi) is 4.97. The topological polar surface area (TPSA) is 34.5 Å². The van der Waals surface area contributed by atoms with Crippen molar-refractivity contribution in [2.24, 2.45) is 0 Å². The second-order valence-corrected chi connectivity index (χ2v) is 6.81. The van der Waals surface area contributed by atoms with E-state index >= 15 is 0 Å². The van der Waals surface area contributed by atoms with Crippen LogP contribution in [0.3, 0.4) is 0 Å². The molecule has 1 aliphatic heterocycles. The Balaban J connectivity index is 1.53. The van der Waals surface area contributed by atoms with Crippen molar-refractivity contribution in [1.82, 2.24) is 9.47 Å². The summed E-state index contributed by atoms with van der Waals surface area (Å²) >= 11 is 0. The van der Waals surface area contributed by atoms with Gasteiger partial charge in [0.1, 0.15) is 5.75 Å². The summed E-state index contributed by atoms with van der Waals surface area (Å²) in [6, 6.07) is 22.2. The number of carbonyl (C=O) groups is 1. The smallest absolute Gasteiger partial charge is 0.261 e. The van der Waals surface area contributed by atoms with Crippen molar-refractivity contribution in [2.45, 2.75) is 25.9 Å². The van der Waals surface area contributed by atoms with Crippen molar-refractivity contribution in [3.63, 3.8) is 0 Å². The number of carbonyl (C=O) groups excluding carboxylic acids is 1. The van der Waals surface area contributed by atoms with Gasteiger partial charge in [-0.1, -0.05) is 49.4 Å². The van der Waals surface area contributed by atoms with E-state index in [4.69, 9.17) is 4.74 Å². The Labute approximate surface area is 160 Å². The molecule has 1 aromatic heterocycles. The zero-order valence-corrected chi connectivity index (χ0v) is 15.5. The summed E-state index contributed by atoms with van der Waals surface area (Å²) in [5.74, 6) is 0.744. The molecule has 2 aromatic carbocycles. The molecule has 0 saturated heterocycles. The fourth-order valence-electron chi connectivity index (χ4n) is 3.69. The van der Waals surface area contributed by atoms with Gasteiger partial charge in [-0.3, -0.25) is 4.79 Å². The van der Waals surface area contributed by atoms with Crippen LogP contribution in [0.1, 0.15) is 29.8 Å². The number of benzene rings is 2. The molecular weight excluding hydrogens is 336 g/mol. The molecular formula is C23H24N2O2. The van der Waals surface area contributed by atoms with Crippen molar-refractivity contribution in [3.8, 4) is 5.75 Å². The van der Waals surface area contributed by atoms with Gasteiger partial charge in [0.25, 0.3) is 5.91 Å². The molecule has 0 N–H and O–H groups in total. The van der Waals surface area contributed by atoms with E-state index in [2.05, 4.69) is 35.9 Å². The Morgan fingerprint density at radius 3 is 2.52 bits per heavy atom. The fourth-order valence-corrected chi connectivity index (χ4v) is 3.69. The summed E-state index contributed by atoms with van der Waals surface area (Å²) in [6.07, 6.45) is 3.07. The van der Waals surface area contributed by atoms with Crippen LogP contribution in [0.2, 0.25) is 0 Å². The first-order valence-electron chi connectivity index (χ1n) is 9.47. The van der Waals surface area contributed by atoms with Gasteiger partial charge in [0.15, 0.2) is 6.61 Å². The van der Waals surface area contributed by atoms with Crippen molar-refractivity contribution in [2.75, 3.05) is 13.2 Å². The number of ether oxygens (including phenoxy) is 1. The van der Waals surface area contributed by atoms with E-state index < -0.39 is 0 Å². The average Bonchev–Trinajstić information content (AvgIpc) is 3.21. The van der Waals surface area contributed by atoms with Crippen LogP contribution in [0, 0.1) is 0 Å². The lowest BCUT2D eigenvalue weighted by molar-refractivity contribution is -0.136. The first-order valence-corrected chi connectivity index (χ1v) is 9.47. The number of fused-ring (bicyclic) bond motifs is 1. The Morgan fingerprint density at radius 1 is 1.00 bits per heavy atom. The zero-order valence-electron chi connectivity index (χ0n) is 15.5. The fraction of sp³-hybridized carbons (Fsp3) is 0.261. The predicted molar refractivity (Wildman–Crippen MR) is 106 cm³/mol. The normalized spacial score (nSPS) is 16.0. The summed E-state index contributed by atoms with van der Waals surface area (Å²) in [6.45, 7) is 3.66. The highest BCUT2D eigenvalue weighted by Crippen LogP contribution is 2.32. The van der Waals surface area contributed by atoms with Crippen LogP contribution in [0.25, 0.3) is 0 Å². The lowest BCUT2D eigenvalue weighted by Gasteiger charge is -2.37. The highest BCUT2D eigenvalue weighted by atomic mass is 16.5. The average molecular weight is 360 g/mol. The molecule has 1 aliphatic rings. The third-order valence-corrected chi connectivity index (χ3v) is 5.17. The number of aromatic nitrogens is 1. The maximum Gasteiger partial charge on any atom is 0.261 e. The molecule has 3 aromatic rings. The maximum atomic E-state index is 13.0. The van der Waals surface area contributed by atoms with Gasteiger partial charge in [-0.25, -0.2) is 0 Å². The lowest BCUT2D eigenvalue weighted by Crippen LogP contribution is -2.44. The standard InChI is InChI=1S/C23H24N2O2/c1-2-18-10-12-20(13-11-18)27-17-22(26)25-16-15-24-14-6-9-21(24)23(25)19-7-4-3-5-8-19/h3-14,23H,2,15-17H2,1H3. The molecule has 0 aliphatic carbocycles. The van der Waals surface area contributed by atoms with Crippen LogP contribution < -0.4 is 4.74 Å². The monoisotopic (exact) mass is 360 g/mol. The number of rotatable bonds is 5. The van der Waals surface area contributed by atoms with E-state index in [1.165, 1.54) is 5.56 Å². The molecule has 1 unspecified atom stereocenters. The molecule has 4 rings (SSSR count). The van der Waals surface area contributed by atoms with Crippen molar-refractivity contribution in [3.05, 3.63) is 89.7 Å². The minimum absolute atomic E-state index is 0.0101. The van der Waals surface area contributed by atoms with Gasteiger partial charge in [0, 0.05) is 25.0 Å². The van der Waals surface area contributed by atoms with Gasteiger partial charge in [0.05, 0.1) is 6.04 Å². The maximum absolute atomic E-state index is 13.0. The van der Waals surface area contributed by atoms with Crippen LogP contribution in [-0.4, -0.2) is 28.5 Å². The molecule has 4 nitrogen and oxygen atoms in total. The Hall–Kier alpha value is -3.01. The second-order valence-electron chi connectivity index (χ2n) is 6.81. The van der Waals surface area contributed by atoms with E-state index in [-0.39, 0.29) is 18.6 Å². The van der Waals surface area contributed by atoms with Crippen molar-refractivity contribution in [1.29, 1.82) is 0 Å². The summed E-state index contributed by atoms with van der Waals surface area (Å²) in [5, 5.41) is 0. The number of nitrogens with zero attached hydrogens (tertiary/aromatic N) is 2. The number of aryl methyl sites for hydroxylation is 1. The second kappa shape index (κ2) is 7.70. The van der Waals surface area contributed by atoms with Gasteiger partial charge in [-0.2, -0.15) is 0 Å². The van der Waals surface area contributed by atoms with Gasteiger partial charge >= 0.3 is 0 Å². The van der Waals surface area contributed by atoms with Gasteiger partial charge in [-0.05, 0) is 41.8 Å². The molecule has 0 fully saturated rings. The first kappa shape index (κ1) is 17.4. The van der Waals surface area contributed by atoms with Gasteiger partial charge in [-0.15, -0.1) is 0 Å². The van der Waals surface area contributed by atoms with Crippen molar-refractivity contribution < 1.29 is 9.53 Å². The highest BCUT2D eigenvalue weighted by Gasteiger charge is 2.32. The minimum Gasteiger partial charge on any atom is -0.484 e. The molecule has 0 radical (unpaired) electrons. The molecule has 2 heterocycles. The van der Waals surface area contributed by atoms with Crippen LogP contribution in [0.4, 0.5) is 0 Å². The van der Waals surface area contributed by atoms with E-state index in [1.54, 1.807) is 0 Å². The number of hydrogen-bond acceptors (Lipinski definition) is 2. The number of amides is 1. The van der Waals surface area contributed by atoms with Crippen molar-refractivity contribution >= 4 is 5.91 Å². The largest absolute Gasteiger partial charge is 0.484 e. The highest BCUT2D eigenvalue weighted by molar-refractivity contribution is 5.79. The predicted octanol–water partition coefficient (Wildman–Crippen LogP) is 4.06. The molecule has 0 bridgehead atoms. The summed E-state index contributed by atoms with van der Waals surface area (Å²) in [4.78, 5) is 14.9. The quantitative estimate of drug-likeness (QED) is 0.688. The SMILES string of the molecule is CCc1ccc(OCC(=O)N2CCn3cccc3C2c2ccccc2)cc1. The van der Waals surface area contributed by atoms with E-state index in [1.807, 2.05) is 53.4 Å². The van der Waals surface area contributed by atoms with Crippen LogP contribution in [-0.2, 0) is 17.8 Å². The molecule has 0 saturated carbocycles. The molecule has 4 heteroatoms. The first-order chi connectivity index (χ1) is 13.3. The molecule has 1 amide bonds. The summed E-state index contributed by atoms with van der Waals surface area (Å²) in [5.41, 5.74) is 3.53. The molecule has 0 spiro atoms. The molecule has 1 atom stereocenters. The molecule has 27 heavy (non-hydrogen) atoms. The summed E-state index contributed by atoms with van der Waals surface area (Å²) < 4.78 is 8.00. The van der Waals surface area contributed by atoms with Crippen LogP contribution in [0.5, 0.6) is 5.75 Å². The van der Waals surface area contributed by atoms with Gasteiger partial charge in [0.2, 0.25) is 0 Å². The zero-order chi connectivity index (χ0) is 18.6. The van der Waals surface area contributed by atoms with Crippen LogP contribution in [0.15, 0.2) is 72.9 Å². The third-order valence-electron chi connectivity index (χ3n) is 5.17. The minimum atomic E-state index is -0.0754. The summed E-state index contributed by atoms with van der Waals surface area (Å²) in [7, 11) is 0. The Bertz CT molecular complexity index is 900. The van der Waals surface area contributed by atoms with E-state index in [0.29, 0.717) is 6.54 Å². The van der Waals surface area contributed by atoms with Crippen LogP contribution >= 0.6 is 0 Å². The third kappa shape index (κ3) is 3.61.